The van der Waals surface area contributed by atoms with Crippen LogP contribution in [0.2, 0.25) is 0 Å². The first-order chi connectivity index (χ1) is 6.21. The Hall–Kier alpha value is -0.820. The number of hydrogen-bond acceptors (Lipinski definition) is 1. The van der Waals surface area contributed by atoms with Gasteiger partial charge in [-0.3, -0.25) is 0 Å². The molecule has 1 aliphatic carbocycles. The van der Waals surface area contributed by atoms with Crippen LogP contribution in [0.15, 0.2) is 24.3 Å². The Labute approximate surface area is 81.0 Å². The van der Waals surface area contributed by atoms with E-state index in [0.29, 0.717) is 0 Å². The van der Waals surface area contributed by atoms with E-state index >= 15 is 0 Å². The maximum Gasteiger partial charge on any atom is 0.0411 e. The molecule has 0 bridgehead atoms. The van der Waals surface area contributed by atoms with E-state index in [1.807, 2.05) is 13.8 Å². The Morgan fingerprint density at radius 2 is 1.85 bits per heavy atom. The fourth-order valence-corrected chi connectivity index (χ4v) is 1.38. The van der Waals surface area contributed by atoms with E-state index in [-0.39, 0.29) is 5.54 Å². The first-order valence-corrected chi connectivity index (χ1v) is 5.07. The van der Waals surface area contributed by atoms with Gasteiger partial charge in [-0.2, -0.15) is 0 Å². The molecular weight excluding hydrogens is 158 g/mol. The number of hydrogen-bond donors (Lipinski definition) is 1. The van der Waals surface area contributed by atoms with Gasteiger partial charge in [0.25, 0.3) is 0 Å². The Kier molecular flexibility index (Phi) is 3.10. The van der Waals surface area contributed by atoms with Crippen molar-refractivity contribution in [2.24, 2.45) is 5.73 Å². The first-order valence-electron chi connectivity index (χ1n) is 5.07. The van der Waals surface area contributed by atoms with E-state index in [9.17, 15) is 0 Å². The Morgan fingerprint density at radius 1 is 1.23 bits per heavy atom. The molecule has 0 spiro atoms. The lowest BCUT2D eigenvalue weighted by atomic mass is 10.0. The zero-order valence-corrected chi connectivity index (χ0v) is 8.80. The van der Waals surface area contributed by atoms with Gasteiger partial charge in [-0.05, 0) is 25.3 Å². The minimum Gasteiger partial charge on any atom is -0.321 e. The third kappa shape index (κ3) is 2.31. The third-order valence-electron chi connectivity index (χ3n) is 2.38. The molecule has 1 aromatic rings. The second-order valence-corrected chi connectivity index (χ2v) is 3.53. The average Bonchev–Trinajstić information content (AvgIpc) is 2.89. The molecule has 0 unspecified atom stereocenters. The molecule has 0 aliphatic heterocycles. The molecule has 2 rings (SSSR count). The van der Waals surface area contributed by atoms with Crippen molar-refractivity contribution in [3.8, 4) is 0 Å². The molecule has 1 aliphatic rings. The lowest BCUT2D eigenvalue weighted by Crippen LogP contribution is -2.18. The van der Waals surface area contributed by atoms with Gasteiger partial charge in [-0.1, -0.05) is 43.7 Å². The van der Waals surface area contributed by atoms with Crippen LogP contribution in [0.4, 0.5) is 0 Å². The maximum atomic E-state index is 6.04. The minimum atomic E-state index is 0.0338. The predicted molar refractivity (Wildman–Crippen MR) is 57.6 cm³/mol. The molecule has 13 heavy (non-hydrogen) atoms. The topological polar surface area (TPSA) is 26.0 Å². The summed E-state index contributed by atoms with van der Waals surface area (Å²) in [5.41, 5.74) is 8.68. The lowest BCUT2D eigenvalue weighted by molar-refractivity contribution is 0.739. The molecule has 72 valence electrons. The van der Waals surface area contributed by atoms with Gasteiger partial charge in [-0.15, -0.1) is 0 Å². The molecule has 0 radical (unpaired) electrons. The second-order valence-electron chi connectivity index (χ2n) is 3.53. The van der Waals surface area contributed by atoms with Crippen LogP contribution in [0.25, 0.3) is 0 Å². The number of aryl methyl sites for hydroxylation is 1. The van der Waals surface area contributed by atoms with Crippen molar-refractivity contribution in [1.82, 2.24) is 0 Å². The summed E-state index contributed by atoms with van der Waals surface area (Å²) in [6, 6.07) is 8.50. The van der Waals surface area contributed by atoms with E-state index in [1.165, 1.54) is 11.1 Å². The van der Waals surface area contributed by atoms with Crippen molar-refractivity contribution in [3.05, 3.63) is 35.4 Å². The summed E-state index contributed by atoms with van der Waals surface area (Å²) in [5, 5.41) is 0. The van der Waals surface area contributed by atoms with E-state index < -0.39 is 0 Å². The summed E-state index contributed by atoms with van der Waals surface area (Å²) in [6.07, 6.45) is 2.30. The molecule has 1 heteroatoms. The van der Waals surface area contributed by atoms with Crippen LogP contribution in [0, 0.1) is 6.92 Å². The summed E-state index contributed by atoms with van der Waals surface area (Å²) in [4.78, 5) is 0. The number of nitrogens with two attached hydrogens (primary N) is 1. The van der Waals surface area contributed by atoms with Crippen molar-refractivity contribution in [2.45, 2.75) is 39.2 Å². The standard InChI is InChI=1S/C10H13N.C2H6/c1-8-3-2-4-9(7-8)10(11)5-6-10;1-2/h2-4,7H,5-6,11H2,1H3;1-2H3. The van der Waals surface area contributed by atoms with Crippen molar-refractivity contribution >= 4 is 0 Å². The third-order valence-corrected chi connectivity index (χ3v) is 2.38. The number of benzene rings is 1. The van der Waals surface area contributed by atoms with Crippen molar-refractivity contribution < 1.29 is 0 Å². The first kappa shape index (κ1) is 10.3. The molecule has 0 aromatic heterocycles. The minimum absolute atomic E-state index is 0.0338. The molecule has 0 amide bonds. The normalized spacial score (nSPS) is 17.2. The van der Waals surface area contributed by atoms with Crippen LogP contribution < -0.4 is 5.73 Å². The van der Waals surface area contributed by atoms with Crippen molar-refractivity contribution in [2.75, 3.05) is 0 Å². The highest BCUT2D eigenvalue weighted by molar-refractivity contribution is 5.32. The average molecular weight is 177 g/mol. The van der Waals surface area contributed by atoms with Gasteiger partial charge in [0.05, 0.1) is 0 Å². The summed E-state index contributed by atoms with van der Waals surface area (Å²) in [6.45, 7) is 6.11. The fraction of sp³-hybridized carbons (Fsp3) is 0.500. The predicted octanol–water partition coefficient (Wildman–Crippen LogP) is 2.97. The lowest BCUT2D eigenvalue weighted by Gasteiger charge is -2.08. The van der Waals surface area contributed by atoms with Gasteiger partial charge in [0.15, 0.2) is 0 Å². The summed E-state index contributed by atoms with van der Waals surface area (Å²) in [5.74, 6) is 0. The maximum absolute atomic E-state index is 6.04. The Bertz CT molecular complexity index is 274. The summed E-state index contributed by atoms with van der Waals surface area (Å²) < 4.78 is 0. The molecule has 1 nitrogen and oxygen atoms in total. The van der Waals surface area contributed by atoms with Crippen molar-refractivity contribution in [3.63, 3.8) is 0 Å². The molecule has 1 saturated carbocycles. The highest BCUT2D eigenvalue weighted by atomic mass is 14.8. The van der Waals surface area contributed by atoms with Crippen LogP contribution in [0.5, 0.6) is 0 Å². The summed E-state index contributed by atoms with van der Waals surface area (Å²) in [7, 11) is 0. The van der Waals surface area contributed by atoms with Gasteiger partial charge in [0.2, 0.25) is 0 Å². The van der Waals surface area contributed by atoms with Crippen LogP contribution >= 0.6 is 0 Å². The van der Waals surface area contributed by atoms with E-state index in [1.54, 1.807) is 0 Å². The second kappa shape index (κ2) is 3.93. The molecule has 2 N–H and O–H groups in total. The highest BCUT2D eigenvalue weighted by Crippen LogP contribution is 2.42. The van der Waals surface area contributed by atoms with Gasteiger partial charge in [-0.25, -0.2) is 0 Å². The number of rotatable bonds is 1. The quantitative estimate of drug-likeness (QED) is 0.701. The zero-order chi connectivity index (χ0) is 9.90. The summed E-state index contributed by atoms with van der Waals surface area (Å²) >= 11 is 0. The monoisotopic (exact) mass is 177 g/mol. The van der Waals surface area contributed by atoms with Gasteiger partial charge in [0.1, 0.15) is 0 Å². The molecule has 0 saturated heterocycles. The van der Waals surface area contributed by atoms with Gasteiger partial charge < -0.3 is 5.73 Å². The molecule has 1 fully saturated rings. The van der Waals surface area contributed by atoms with Crippen molar-refractivity contribution in [1.29, 1.82) is 0 Å². The highest BCUT2D eigenvalue weighted by Gasteiger charge is 2.39. The Morgan fingerprint density at radius 3 is 2.31 bits per heavy atom. The van der Waals surface area contributed by atoms with Crippen LogP contribution in [0.1, 0.15) is 37.8 Å². The van der Waals surface area contributed by atoms with E-state index in [4.69, 9.17) is 5.73 Å². The smallest absolute Gasteiger partial charge is 0.0411 e. The van der Waals surface area contributed by atoms with Gasteiger partial charge in [0, 0.05) is 5.54 Å². The molecular formula is C12H19N. The SMILES string of the molecule is CC.Cc1cccc(C2(N)CC2)c1. The largest absolute Gasteiger partial charge is 0.321 e. The fourth-order valence-electron chi connectivity index (χ4n) is 1.38. The van der Waals surface area contributed by atoms with Crippen LogP contribution in [-0.2, 0) is 5.54 Å². The Balaban J connectivity index is 0.000000396. The molecule has 1 aromatic carbocycles. The zero-order valence-electron chi connectivity index (χ0n) is 8.80. The molecule has 0 heterocycles. The van der Waals surface area contributed by atoms with Gasteiger partial charge >= 0.3 is 0 Å². The molecule has 0 atom stereocenters. The van der Waals surface area contributed by atoms with E-state index in [0.717, 1.165) is 12.8 Å². The van der Waals surface area contributed by atoms with Crippen LogP contribution in [0.3, 0.4) is 0 Å². The van der Waals surface area contributed by atoms with Crippen LogP contribution in [-0.4, -0.2) is 0 Å². The van der Waals surface area contributed by atoms with E-state index in [2.05, 4.69) is 31.2 Å².